The Morgan fingerprint density at radius 2 is 1.27 bits per heavy atom. The largest absolute Gasteiger partial charge is 0.617 e. The molecule has 22 heavy (non-hydrogen) atoms. The van der Waals surface area contributed by atoms with Gasteiger partial charge in [-0.2, -0.15) is 0 Å². The Balaban J connectivity index is 2.06. The number of aromatic nitrogens is 1. The van der Waals surface area contributed by atoms with E-state index in [0.29, 0.717) is 5.69 Å². The first kappa shape index (κ1) is 12.8. The lowest BCUT2D eigenvalue weighted by Crippen LogP contribution is -2.78. The Bertz CT molecular complexity index is 794. The van der Waals surface area contributed by atoms with Crippen LogP contribution in [-0.2, 0) is 4.65 Å². The molecule has 0 amide bonds. The van der Waals surface area contributed by atoms with Gasteiger partial charge in [-0.25, -0.2) is 4.79 Å². The number of hydrogen-bond acceptors (Lipinski definition) is 2. The van der Waals surface area contributed by atoms with Gasteiger partial charge in [-0.1, -0.05) is 71.6 Å². The minimum atomic E-state index is -1.78. The molecule has 0 radical (unpaired) electrons. The third kappa shape index (κ3) is 1.70. The fourth-order valence-electron chi connectivity index (χ4n) is 3.30. The molecule has 3 aromatic rings. The fourth-order valence-corrected chi connectivity index (χ4v) is 3.30. The Kier molecular flexibility index (Phi) is 2.83. The second-order valence-electron chi connectivity index (χ2n) is 5.46. The molecule has 0 saturated carbocycles. The maximum absolute atomic E-state index is 12.4. The molecule has 4 heteroatoms. The van der Waals surface area contributed by atoms with Crippen molar-refractivity contribution in [2.75, 3.05) is 0 Å². The summed E-state index contributed by atoms with van der Waals surface area (Å²) in [7, 11) is 0. The van der Waals surface area contributed by atoms with E-state index in [4.69, 9.17) is 4.65 Å². The van der Waals surface area contributed by atoms with Gasteiger partial charge >= 0.3 is 12.5 Å². The lowest BCUT2D eigenvalue weighted by molar-refractivity contribution is -0.546. The molecule has 106 valence electrons. The third-order valence-electron chi connectivity index (χ3n) is 4.27. The molecule has 1 aliphatic rings. The number of carbonyl (C=O) groups is 1. The van der Waals surface area contributed by atoms with Crippen molar-refractivity contribution in [2.24, 2.45) is 0 Å². The fraction of sp³-hybridized carbons (Fsp3) is 0. The summed E-state index contributed by atoms with van der Waals surface area (Å²) in [5.74, 6) is -0.284. The van der Waals surface area contributed by atoms with Gasteiger partial charge in [-0.15, -0.1) is 0 Å². The number of fused-ring (bicyclic) bond motifs is 1. The van der Waals surface area contributed by atoms with Gasteiger partial charge in [-0.3, -0.25) is 0 Å². The summed E-state index contributed by atoms with van der Waals surface area (Å²) in [6, 6.07) is 25.4. The summed E-state index contributed by atoms with van der Waals surface area (Å²) in [5.41, 5.74) is 2.55. The molecule has 0 spiro atoms. The summed E-state index contributed by atoms with van der Waals surface area (Å²) in [5, 5.41) is 0. The van der Waals surface area contributed by atoms with Gasteiger partial charge in [0.15, 0.2) is 0 Å². The van der Waals surface area contributed by atoms with Gasteiger partial charge in [0, 0.05) is 6.07 Å². The topological polar surface area (TPSA) is 30.2 Å². The van der Waals surface area contributed by atoms with Crippen LogP contribution in [0.1, 0.15) is 10.5 Å². The Hall–Kier alpha value is -2.88. The zero-order valence-corrected chi connectivity index (χ0v) is 11.9. The Morgan fingerprint density at radius 1 is 0.727 bits per heavy atom. The van der Waals surface area contributed by atoms with Crippen molar-refractivity contribution in [3.05, 3.63) is 90.8 Å². The molecule has 0 aliphatic carbocycles. The number of pyridine rings is 1. The zero-order valence-electron chi connectivity index (χ0n) is 11.9. The number of nitrogens with zero attached hydrogens (tertiary/aromatic N) is 1. The van der Waals surface area contributed by atoms with Crippen LogP contribution in [0.5, 0.6) is 0 Å². The van der Waals surface area contributed by atoms with E-state index in [-0.39, 0.29) is 5.97 Å². The van der Waals surface area contributed by atoms with Crippen molar-refractivity contribution >= 4 is 23.4 Å². The first-order chi connectivity index (χ1) is 10.8. The highest BCUT2D eigenvalue weighted by molar-refractivity contribution is 6.92. The summed E-state index contributed by atoms with van der Waals surface area (Å²) in [4.78, 5) is 12.4. The monoisotopic (exact) mass is 287 g/mol. The number of benzene rings is 2. The average molecular weight is 287 g/mol. The van der Waals surface area contributed by atoms with E-state index in [1.165, 1.54) is 0 Å². The normalized spacial score (nSPS) is 15.2. The van der Waals surface area contributed by atoms with Crippen molar-refractivity contribution in [1.29, 1.82) is 0 Å². The van der Waals surface area contributed by atoms with Gasteiger partial charge in [0.05, 0.1) is 0 Å². The van der Waals surface area contributed by atoms with E-state index in [9.17, 15) is 4.79 Å². The lowest BCUT2D eigenvalue weighted by atomic mass is 9.42. The van der Waals surface area contributed by atoms with Gasteiger partial charge in [0.1, 0.15) is 6.20 Å². The average Bonchev–Trinajstić information content (AvgIpc) is 2.91. The van der Waals surface area contributed by atoms with Crippen molar-refractivity contribution < 1.29 is 13.9 Å². The van der Waals surface area contributed by atoms with Crippen LogP contribution in [0.2, 0.25) is 0 Å². The number of carbonyl (C=O) groups excluding carboxylic acids is 1. The van der Waals surface area contributed by atoms with Crippen molar-refractivity contribution in [2.45, 2.75) is 0 Å². The maximum atomic E-state index is 12.4. The van der Waals surface area contributed by atoms with Crippen molar-refractivity contribution in [1.82, 2.24) is 0 Å². The van der Waals surface area contributed by atoms with Crippen LogP contribution in [0.15, 0.2) is 85.1 Å². The third-order valence-corrected chi connectivity index (χ3v) is 4.27. The highest BCUT2D eigenvalue weighted by atomic mass is 16.5. The molecular weight excluding hydrogens is 273 g/mol. The molecule has 0 fully saturated rings. The van der Waals surface area contributed by atoms with Gasteiger partial charge in [0.2, 0.25) is 5.69 Å². The number of hydrogen-bond donors (Lipinski definition) is 0. The lowest BCUT2D eigenvalue weighted by Gasteiger charge is -2.29. The predicted octanol–water partition coefficient (Wildman–Crippen LogP) is 1.25. The zero-order chi connectivity index (χ0) is 15.0. The second kappa shape index (κ2) is 4.84. The molecule has 0 N–H and O–H groups in total. The van der Waals surface area contributed by atoms with E-state index in [1.54, 1.807) is 6.07 Å². The molecule has 1 aromatic heterocycles. The van der Waals surface area contributed by atoms with Crippen LogP contribution >= 0.6 is 0 Å². The second-order valence-corrected chi connectivity index (χ2v) is 5.46. The highest BCUT2D eigenvalue weighted by Gasteiger charge is 2.53. The summed E-state index contributed by atoms with van der Waals surface area (Å²) in [6.07, 6.45) is 1.92. The smallest absolute Gasteiger partial charge is 0.516 e. The van der Waals surface area contributed by atoms with Crippen LogP contribution in [0.4, 0.5) is 0 Å². The minimum Gasteiger partial charge on any atom is -0.617 e. The molecular formula is C18H14BNO2. The highest BCUT2D eigenvalue weighted by Crippen LogP contribution is 2.15. The van der Waals surface area contributed by atoms with Crippen LogP contribution < -0.4 is 15.4 Å². The molecule has 4 rings (SSSR count). The van der Waals surface area contributed by atoms with E-state index < -0.39 is 6.48 Å². The SMILES string of the molecule is O=C1O[B-](c2ccccc2)(c2ccccc2)[n+]2ccccc21. The first-order valence-electron chi connectivity index (χ1n) is 7.32. The van der Waals surface area contributed by atoms with Crippen molar-refractivity contribution in [3.8, 4) is 0 Å². The van der Waals surface area contributed by atoms with Gasteiger partial charge in [-0.05, 0) is 12.1 Å². The molecule has 0 bridgehead atoms. The summed E-state index contributed by atoms with van der Waals surface area (Å²) in [6.45, 7) is -1.78. The summed E-state index contributed by atoms with van der Waals surface area (Å²) >= 11 is 0. The van der Waals surface area contributed by atoms with Crippen LogP contribution in [0.3, 0.4) is 0 Å². The predicted molar refractivity (Wildman–Crippen MR) is 85.4 cm³/mol. The molecule has 2 heterocycles. The Morgan fingerprint density at radius 3 is 1.86 bits per heavy atom. The maximum Gasteiger partial charge on any atom is 0.516 e. The standard InChI is InChI=1S/C18H14BNO2/c21-18-17-13-7-8-14-20(17)19(22-18,15-9-3-1-4-10-15)16-11-5-2-6-12-16/h1-14H. The quantitative estimate of drug-likeness (QED) is 0.664. The molecule has 1 aliphatic heterocycles. The molecule has 3 nitrogen and oxygen atoms in total. The first-order valence-corrected chi connectivity index (χ1v) is 7.32. The molecule has 0 saturated heterocycles. The van der Waals surface area contributed by atoms with Crippen LogP contribution in [-0.4, -0.2) is 12.5 Å². The molecule has 0 atom stereocenters. The minimum absolute atomic E-state index is 0.284. The molecule has 0 unspecified atom stereocenters. The van der Waals surface area contributed by atoms with Gasteiger partial charge in [0.25, 0.3) is 0 Å². The summed E-state index contributed by atoms with van der Waals surface area (Å²) < 4.78 is 7.94. The Labute approximate surface area is 128 Å². The van der Waals surface area contributed by atoms with E-state index in [2.05, 4.69) is 0 Å². The molecule has 2 aromatic carbocycles. The number of rotatable bonds is 2. The van der Waals surface area contributed by atoms with Crippen molar-refractivity contribution in [3.63, 3.8) is 0 Å². The van der Waals surface area contributed by atoms with Crippen LogP contribution in [0.25, 0.3) is 0 Å². The van der Waals surface area contributed by atoms with Crippen LogP contribution in [0, 0.1) is 0 Å². The van der Waals surface area contributed by atoms with E-state index in [0.717, 1.165) is 10.9 Å². The van der Waals surface area contributed by atoms with Gasteiger partial charge < -0.3 is 9.13 Å². The van der Waals surface area contributed by atoms with E-state index in [1.807, 2.05) is 83.5 Å². The van der Waals surface area contributed by atoms with E-state index >= 15 is 0 Å².